The van der Waals surface area contributed by atoms with Crippen molar-refractivity contribution >= 4 is 5.91 Å². The van der Waals surface area contributed by atoms with Crippen LogP contribution < -0.4 is 10.6 Å². The fourth-order valence-corrected chi connectivity index (χ4v) is 2.77. The van der Waals surface area contributed by atoms with E-state index in [1.165, 1.54) is 0 Å². The molecule has 3 aromatic rings. The predicted octanol–water partition coefficient (Wildman–Crippen LogP) is 1.01. The second-order valence-electron chi connectivity index (χ2n) is 5.81. The third-order valence-electron chi connectivity index (χ3n) is 4.06. The average Bonchev–Trinajstić information content (AvgIpc) is 3.23. The van der Waals surface area contributed by atoms with E-state index < -0.39 is 0 Å². The van der Waals surface area contributed by atoms with Gasteiger partial charge in [0.2, 0.25) is 0 Å². The second kappa shape index (κ2) is 6.86. The molecule has 1 aliphatic heterocycles. The maximum Gasteiger partial charge on any atom is 0.271 e. The Bertz CT molecular complexity index is 847. The molecule has 0 saturated heterocycles. The van der Waals surface area contributed by atoms with Crippen LogP contribution in [0, 0.1) is 0 Å². The van der Waals surface area contributed by atoms with Crippen LogP contribution in [-0.4, -0.2) is 38.7 Å². The molecule has 1 amide bonds. The SMILES string of the molecule is O=C(NCc1cc(-c2ccccn2)no1)c1cn2c(n1)CCNCC2. The Labute approximate surface area is 144 Å². The number of carbonyl (C=O) groups excluding carboxylic acids is 1. The highest BCUT2D eigenvalue weighted by Crippen LogP contribution is 2.16. The number of rotatable bonds is 4. The highest BCUT2D eigenvalue weighted by Gasteiger charge is 2.16. The Kier molecular flexibility index (Phi) is 4.26. The molecule has 0 fully saturated rings. The fourth-order valence-electron chi connectivity index (χ4n) is 2.77. The third kappa shape index (κ3) is 3.43. The van der Waals surface area contributed by atoms with E-state index in [-0.39, 0.29) is 12.5 Å². The lowest BCUT2D eigenvalue weighted by atomic mass is 10.2. The molecule has 8 heteroatoms. The van der Waals surface area contributed by atoms with Gasteiger partial charge in [0.15, 0.2) is 5.76 Å². The van der Waals surface area contributed by atoms with Crippen LogP contribution >= 0.6 is 0 Å². The van der Waals surface area contributed by atoms with Crippen molar-refractivity contribution in [2.45, 2.75) is 19.5 Å². The Morgan fingerprint density at radius 2 is 2.28 bits per heavy atom. The molecule has 0 atom stereocenters. The fraction of sp³-hybridized carbons (Fsp3) is 0.294. The molecular weight excluding hydrogens is 320 g/mol. The van der Waals surface area contributed by atoms with Gasteiger partial charge in [-0.3, -0.25) is 9.78 Å². The van der Waals surface area contributed by atoms with E-state index in [1.807, 2.05) is 22.8 Å². The first-order chi connectivity index (χ1) is 12.3. The lowest BCUT2D eigenvalue weighted by Crippen LogP contribution is -2.23. The average molecular weight is 338 g/mol. The largest absolute Gasteiger partial charge is 0.359 e. The molecule has 0 saturated carbocycles. The highest BCUT2D eigenvalue weighted by atomic mass is 16.5. The van der Waals surface area contributed by atoms with E-state index in [0.717, 1.165) is 37.6 Å². The van der Waals surface area contributed by atoms with Crippen LogP contribution in [0.1, 0.15) is 22.1 Å². The van der Waals surface area contributed by atoms with Crippen LogP contribution in [0.5, 0.6) is 0 Å². The molecule has 2 N–H and O–H groups in total. The van der Waals surface area contributed by atoms with E-state index in [0.29, 0.717) is 17.1 Å². The van der Waals surface area contributed by atoms with Gasteiger partial charge in [0.1, 0.15) is 17.2 Å². The Balaban J connectivity index is 1.40. The molecule has 128 valence electrons. The number of carbonyl (C=O) groups is 1. The summed E-state index contributed by atoms with van der Waals surface area (Å²) in [7, 11) is 0. The number of amides is 1. The summed E-state index contributed by atoms with van der Waals surface area (Å²) in [5.41, 5.74) is 1.81. The second-order valence-corrected chi connectivity index (χ2v) is 5.81. The zero-order valence-electron chi connectivity index (χ0n) is 13.6. The summed E-state index contributed by atoms with van der Waals surface area (Å²) in [5, 5.41) is 10.1. The van der Waals surface area contributed by atoms with Gasteiger partial charge >= 0.3 is 0 Å². The summed E-state index contributed by atoms with van der Waals surface area (Å²) < 4.78 is 7.29. The number of hydrogen-bond acceptors (Lipinski definition) is 6. The topological polar surface area (TPSA) is 97.9 Å². The summed E-state index contributed by atoms with van der Waals surface area (Å²) in [6.45, 7) is 2.85. The van der Waals surface area contributed by atoms with E-state index in [1.54, 1.807) is 18.5 Å². The number of pyridine rings is 1. The zero-order chi connectivity index (χ0) is 17.1. The van der Waals surface area contributed by atoms with Crippen LogP contribution in [0.15, 0.2) is 41.2 Å². The van der Waals surface area contributed by atoms with Gasteiger partial charge in [0.05, 0.1) is 12.2 Å². The van der Waals surface area contributed by atoms with Crippen molar-refractivity contribution in [3.8, 4) is 11.4 Å². The smallest absolute Gasteiger partial charge is 0.271 e. The molecule has 0 radical (unpaired) electrons. The Morgan fingerprint density at radius 3 is 3.16 bits per heavy atom. The summed E-state index contributed by atoms with van der Waals surface area (Å²) in [6.07, 6.45) is 4.32. The van der Waals surface area contributed by atoms with Crippen LogP contribution in [-0.2, 0) is 19.5 Å². The van der Waals surface area contributed by atoms with Crippen LogP contribution in [0.2, 0.25) is 0 Å². The molecule has 0 spiro atoms. The van der Waals surface area contributed by atoms with Gasteiger partial charge < -0.3 is 19.7 Å². The van der Waals surface area contributed by atoms with Crippen molar-refractivity contribution in [2.24, 2.45) is 0 Å². The molecule has 4 heterocycles. The molecule has 0 unspecified atom stereocenters. The summed E-state index contributed by atoms with van der Waals surface area (Å²) >= 11 is 0. The maximum atomic E-state index is 12.3. The minimum atomic E-state index is -0.218. The van der Waals surface area contributed by atoms with Crippen molar-refractivity contribution in [2.75, 3.05) is 13.1 Å². The zero-order valence-corrected chi connectivity index (χ0v) is 13.6. The van der Waals surface area contributed by atoms with Crippen molar-refractivity contribution in [3.05, 3.63) is 53.9 Å². The predicted molar refractivity (Wildman–Crippen MR) is 89.7 cm³/mol. The lowest BCUT2D eigenvalue weighted by molar-refractivity contribution is 0.0942. The molecule has 25 heavy (non-hydrogen) atoms. The first-order valence-corrected chi connectivity index (χ1v) is 8.21. The summed E-state index contributed by atoms with van der Waals surface area (Å²) in [4.78, 5) is 21.0. The quantitative estimate of drug-likeness (QED) is 0.737. The molecule has 3 aromatic heterocycles. The van der Waals surface area contributed by atoms with Crippen molar-refractivity contribution in [1.82, 2.24) is 30.3 Å². The number of nitrogens with one attached hydrogen (secondary N) is 2. The number of imidazole rings is 1. The van der Waals surface area contributed by atoms with Crippen LogP contribution in [0.4, 0.5) is 0 Å². The first kappa shape index (κ1) is 15.5. The Morgan fingerprint density at radius 1 is 1.32 bits per heavy atom. The van der Waals surface area contributed by atoms with E-state index in [9.17, 15) is 4.79 Å². The van der Waals surface area contributed by atoms with E-state index in [4.69, 9.17) is 4.52 Å². The lowest BCUT2D eigenvalue weighted by Gasteiger charge is -2.00. The molecule has 0 bridgehead atoms. The van der Waals surface area contributed by atoms with E-state index in [2.05, 4.69) is 25.8 Å². The van der Waals surface area contributed by atoms with Gasteiger partial charge in [-0.05, 0) is 12.1 Å². The number of aromatic nitrogens is 4. The molecule has 1 aliphatic rings. The van der Waals surface area contributed by atoms with Crippen LogP contribution in [0.3, 0.4) is 0 Å². The van der Waals surface area contributed by atoms with Gasteiger partial charge in [-0.2, -0.15) is 0 Å². The molecule has 8 nitrogen and oxygen atoms in total. The highest BCUT2D eigenvalue weighted by molar-refractivity contribution is 5.92. The minimum absolute atomic E-state index is 0.218. The number of nitrogens with zero attached hydrogens (tertiary/aromatic N) is 4. The van der Waals surface area contributed by atoms with Crippen molar-refractivity contribution in [1.29, 1.82) is 0 Å². The molecular formula is C17H18N6O2. The number of fused-ring (bicyclic) bond motifs is 1. The third-order valence-corrected chi connectivity index (χ3v) is 4.06. The standard InChI is InChI=1S/C17H18N6O2/c24-17(15-11-23-8-7-18-6-4-16(23)21-15)20-10-12-9-14(22-25-12)13-3-1-2-5-19-13/h1-3,5,9,11,18H,4,6-8,10H2,(H,20,24). The Hall–Kier alpha value is -3.00. The van der Waals surface area contributed by atoms with Gasteiger partial charge in [-0.15, -0.1) is 0 Å². The van der Waals surface area contributed by atoms with Crippen molar-refractivity contribution < 1.29 is 9.32 Å². The van der Waals surface area contributed by atoms with Gasteiger partial charge in [-0.25, -0.2) is 4.98 Å². The van der Waals surface area contributed by atoms with Gasteiger partial charge in [-0.1, -0.05) is 11.2 Å². The first-order valence-electron chi connectivity index (χ1n) is 8.21. The monoisotopic (exact) mass is 338 g/mol. The van der Waals surface area contributed by atoms with Gasteiger partial charge in [0, 0.05) is 44.5 Å². The minimum Gasteiger partial charge on any atom is -0.359 e. The molecule has 4 rings (SSSR count). The van der Waals surface area contributed by atoms with Crippen LogP contribution in [0.25, 0.3) is 11.4 Å². The normalized spacial score (nSPS) is 13.9. The maximum absolute atomic E-state index is 12.3. The number of hydrogen-bond donors (Lipinski definition) is 2. The van der Waals surface area contributed by atoms with Gasteiger partial charge in [0.25, 0.3) is 5.91 Å². The van der Waals surface area contributed by atoms with E-state index >= 15 is 0 Å². The molecule has 0 aromatic carbocycles. The summed E-state index contributed by atoms with van der Waals surface area (Å²) in [5.74, 6) is 1.29. The van der Waals surface area contributed by atoms with Crippen molar-refractivity contribution in [3.63, 3.8) is 0 Å². The molecule has 0 aliphatic carbocycles. The summed E-state index contributed by atoms with van der Waals surface area (Å²) in [6, 6.07) is 7.36.